The van der Waals surface area contributed by atoms with Gasteiger partial charge in [0.05, 0.1) is 22.0 Å². The normalized spacial score (nSPS) is 13.0. The zero-order chi connectivity index (χ0) is 19.0. The number of halogens is 1. The van der Waals surface area contributed by atoms with Gasteiger partial charge in [0.15, 0.2) is 16.7 Å². The van der Waals surface area contributed by atoms with Gasteiger partial charge in [-0.25, -0.2) is 4.98 Å². The lowest BCUT2D eigenvalue weighted by atomic mass is 10.2. The van der Waals surface area contributed by atoms with Crippen LogP contribution in [0, 0.1) is 0 Å². The highest BCUT2D eigenvalue weighted by Gasteiger charge is 2.17. The van der Waals surface area contributed by atoms with Crippen LogP contribution in [-0.4, -0.2) is 34.4 Å². The minimum atomic E-state index is -0.266. The van der Waals surface area contributed by atoms with E-state index in [2.05, 4.69) is 10.3 Å². The number of thiophene rings is 1. The van der Waals surface area contributed by atoms with E-state index in [1.807, 2.05) is 5.38 Å². The fourth-order valence-corrected chi connectivity index (χ4v) is 4.35. The zero-order valence-electron chi connectivity index (χ0n) is 14.2. The molecule has 0 atom stereocenters. The fraction of sp³-hybridized carbons (Fsp3) is 0.235. The Labute approximate surface area is 167 Å². The van der Waals surface area contributed by atoms with Crippen LogP contribution in [0.15, 0.2) is 33.5 Å². The molecule has 10 heteroatoms. The summed E-state index contributed by atoms with van der Waals surface area (Å²) in [5.41, 5.74) is 0.968. The number of amides is 1. The Morgan fingerprint density at radius 3 is 2.89 bits per heavy atom. The van der Waals surface area contributed by atoms with Crippen molar-refractivity contribution in [3.05, 3.63) is 39.0 Å². The molecular weight excluding hydrogens is 410 g/mol. The van der Waals surface area contributed by atoms with Crippen molar-refractivity contribution in [3.63, 3.8) is 0 Å². The molecule has 1 N–H and O–H groups in total. The predicted molar refractivity (Wildman–Crippen MR) is 107 cm³/mol. The summed E-state index contributed by atoms with van der Waals surface area (Å²) in [5, 5.41) is 5.42. The number of benzene rings is 1. The molecule has 3 aromatic rings. The molecule has 1 aliphatic rings. The second kappa shape index (κ2) is 7.41. The summed E-state index contributed by atoms with van der Waals surface area (Å²) in [5.74, 6) is 0.918. The van der Waals surface area contributed by atoms with Gasteiger partial charge in [0.2, 0.25) is 5.91 Å². The lowest BCUT2D eigenvalue weighted by Gasteiger charge is -2.20. The van der Waals surface area contributed by atoms with Crippen molar-refractivity contribution in [2.45, 2.75) is 5.16 Å². The highest BCUT2D eigenvalue weighted by Crippen LogP contribution is 2.38. The monoisotopic (exact) mass is 423 g/mol. The first kappa shape index (κ1) is 18.1. The molecule has 1 aromatic carbocycles. The van der Waals surface area contributed by atoms with Crippen molar-refractivity contribution in [3.8, 4) is 11.5 Å². The van der Waals surface area contributed by atoms with Crippen molar-refractivity contribution in [1.29, 1.82) is 0 Å². The number of nitrogens with one attached hydrogen (secondary N) is 1. The molecule has 3 heterocycles. The Bertz CT molecular complexity index is 1100. The van der Waals surface area contributed by atoms with Gasteiger partial charge in [0.25, 0.3) is 5.56 Å². The van der Waals surface area contributed by atoms with Crippen LogP contribution in [0.2, 0.25) is 5.02 Å². The summed E-state index contributed by atoms with van der Waals surface area (Å²) < 4.78 is 13.0. The second-order valence-corrected chi connectivity index (χ2v) is 7.97. The number of carbonyl (C=O) groups excluding carboxylic acids is 1. The number of hydrogen-bond acceptors (Lipinski definition) is 7. The van der Waals surface area contributed by atoms with Crippen LogP contribution in [0.3, 0.4) is 0 Å². The summed E-state index contributed by atoms with van der Waals surface area (Å²) in [6, 6.07) is 5.06. The molecule has 0 aliphatic carbocycles. The van der Waals surface area contributed by atoms with Crippen molar-refractivity contribution in [2.75, 3.05) is 24.3 Å². The van der Waals surface area contributed by atoms with Gasteiger partial charge >= 0.3 is 0 Å². The fourth-order valence-electron chi connectivity index (χ4n) is 2.57. The van der Waals surface area contributed by atoms with Gasteiger partial charge in [-0.3, -0.25) is 14.2 Å². The number of rotatable bonds is 4. The van der Waals surface area contributed by atoms with E-state index in [4.69, 9.17) is 21.1 Å². The topological polar surface area (TPSA) is 82.5 Å². The maximum Gasteiger partial charge on any atom is 0.271 e. The first-order valence-corrected chi connectivity index (χ1v) is 10.2. The first-order chi connectivity index (χ1) is 13.0. The summed E-state index contributed by atoms with van der Waals surface area (Å²) in [6.07, 6.45) is 0. The van der Waals surface area contributed by atoms with Crippen LogP contribution in [-0.2, 0) is 11.8 Å². The van der Waals surface area contributed by atoms with Crippen molar-refractivity contribution < 1.29 is 14.3 Å². The standard InChI is InChI=1S/C17H14ClN3O4S2/c1-21-16(23)15-10(2-5-26-15)20-17(21)27-8-14(22)19-11-7-13-12(6-9(11)18)24-3-4-25-13/h2,5-7H,3-4,8H2,1H3,(H,19,22). The highest BCUT2D eigenvalue weighted by molar-refractivity contribution is 7.99. The molecule has 140 valence electrons. The summed E-state index contributed by atoms with van der Waals surface area (Å²) >= 11 is 8.75. The molecule has 4 rings (SSSR count). The minimum Gasteiger partial charge on any atom is -0.486 e. The SMILES string of the molecule is Cn1c(SCC(=O)Nc2cc3c(cc2Cl)OCCO3)nc2ccsc2c1=O. The predicted octanol–water partition coefficient (Wildman–Crippen LogP) is 3.15. The van der Waals surface area contributed by atoms with E-state index in [1.165, 1.54) is 27.7 Å². The summed E-state index contributed by atoms with van der Waals surface area (Å²) in [4.78, 5) is 29.1. The van der Waals surface area contributed by atoms with Gasteiger partial charge in [0.1, 0.15) is 17.9 Å². The molecule has 1 amide bonds. The Morgan fingerprint density at radius 1 is 1.37 bits per heavy atom. The number of nitrogens with zero attached hydrogens (tertiary/aromatic N) is 2. The number of hydrogen-bond donors (Lipinski definition) is 1. The molecule has 0 fully saturated rings. The third kappa shape index (κ3) is 3.62. The first-order valence-electron chi connectivity index (χ1n) is 7.99. The van der Waals surface area contributed by atoms with Crippen LogP contribution >= 0.6 is 34.7 Å². The molecular formula is C17H14ClN3O4S2. The molecule has 0 saturated carbocycles. The van der Waals surface area contributed by atoms with E-state index in [-0.39, 0.29) is 17.2 Å². The van der Waals surface area contributed by atoms with E-state index < -0.39 is 0 Å². The zero-order valence-corrected chi connectivity index (χ0v) is 16.5. The quantitative estimate of drug-likeness (QED) is 0.512. The van der Waals surface area contributed by atoms with E-state index in [1.54, 1.807) is 25.2 Å². The molecule has 0 spiro atoms. The third-order valence-electron chi connectivity index (χ3n) is 3.88. The Hall–Kier alpha value is -2.23. The molecule has 7 nitrogen and oxygen atoms in total. The van der Waals surface area contributed by atoms with Crippen LogP contribution in [0.4, 0.5) is 5.69 Å². The molecule has 0 unspecified atom stereocenters. The molecule has 0 saturated heterocycles. The lowest BCUT2D eigenvalue weighted by molar-refractivity contribution is -0.113. The molecule has 1 aliphatic heterocycles. The summed E-state index contributed by atoms with van der Waals surface area (Å²) in [7, 11) is 1.65. The van der Waals surface area contributed by atoms with Crippen molar-refractivity contribution >= 4 is 56.5 Å². The van der Waals surface area contributed by atoms with E-state index >= 15 is 0 Å². The van der Waals surface area contributed by atoms with Gasteiger partial charge in [-0.05, 0) is 11.4 Å². The van der Waals surface area contributed by atoms with Crippen LogP contribution in [0.1, 0.15) is 0 Å². The maximum atomic E-state index is 12.3. The average molecular weight is 424 g/mol. The molecule has 0 bridgehead atoms. The van der Waals surface area contributed by atoms with Crippen molar-refractivity contribution in [1.82, 2.24) is 9.55 Å². The number of aromatic nitrogens is 2. The third-order valence-corrected chi connectivity index (χ3v) is 6.12. The number of thioether (sulfide) groups is 1. The van der Waals surface area contributed by atoms with Gasteiger partial charge in [0, 0.05) is 19.2 Å². The maximum absolute atomic E-state index is 12.3. The van der Waals surface area contributed by atoms with Crippen LogP contribution in [0.5, 0.6) is 11.5 Å². The highest BCUT2D eigenvalue weighted by atomic mass is 35.5. The van der Waals surface area contributed by atoms with E-state index in [9.17, 15) is 9.59 Å². The number of fused-ring (bicyclic) bond motifs is 2. The average Bonchev–Trinajstić information content (AvgIpc) is 3.13. The van der Waals surface area contributed by atoms with E-state index in [0.717, 1.165) is 0 Å². The molecule has 27 heavy (non-hydrogen) atoms. The lowest BCUT2D eigenvalue weighted by Crippen LogP contribution is -2.21. The van der Waals surface area contributed by atoms with Crippen molar-refractivity contribution in [2.24, 2.45) is 7.05 Å². The number of carbonyl (C=O) groups is 1. The Balaban J connectivity index is 1.48. The minimum absolute atomic E-state index is 0.0840. The van der Waals surface area contributed by atoms with Gasteiger partial charge in [-0.15, -0.1) is 11.3 Å². The molecule has 2 aromatic heterocycles. The second-order valence-electron chi connectivity index (χ2n) is 5.71. The smallest absolute Gasteiger partial charge is 0.271 e. The Morgan fingerprint density at radius 2 is 2.11 bits per heavy atom. The van der Waals surface area contributed by atoms with Crippen LogP contribution < -0.4 is 20.3 Å². The number of anilines is 1. The van der Waals surface area contributed by atoms with Gasteiger partial charge in [-0.1, -0.05) is 23.4 Å². The van der Waals surface area contributed by atoms with Gasteiger partial charge < -0.3 is 14.8 Å². The van der Waals surface area contributed by atoms with E-state index in [0.29, 0.717) is 50.8 Å². The summed E-state index contributed by atoms with van der Waals surface area (Å²) in [6.45, 7) is 0.911. The van der Waals surface area contributed by atoms with Crippen LogP contribution in [0.25, 0.3) is 10.2 Å². The number of ether oxygens (including phenoxy) is 2. The largest absolute Gasteiger partial charge is 0.486 e. The Kier molecular flexibility index (Phi) is 4.98. The van der Waals surface area contributed by atoms with Gasteiger partial charge in [-0.2, -0.15) is 0 Å². The molecule has 0 radical (unpaired) electrons.